The number of hydrogen-bond donors (Lipinski definition) is 0. The first kappa shape index (κ1) is 18.5. The second-order valence-corrected chi connectivity index (χ2v) is 5.80. The van der Waals surface area contributed by atoms with E-state index in [0.717, 1.165) is 12.8 Å². The minimum atomic E-state index is -0.380. The second-order valence-electron chi connectivity index (χ2n) is 5.36. The van der Waals surface area contributed by atoms with Gasteiger partial charge in [-0.3, -0.25) is 9.59 Å². The Morgan fingerprint density at radius 2 is 1.95 bits per heavy atom. The van der Waals surface area contributed by atoms with Crippen molar-refractivity contribution in [3.05, 3.63) is 29.3 Å². The number of carbonyl (C=O) groups excluding carboxylic acids is 2. The van der Waals surface area contributed by atoms with E-state index in [4.69, 9.17) is 21.1 Å². The summed E-state index contributed by atoms with van der Waals surface area (Å²) in [6.07, 6.45) is 2.93. The molecule has 0 fully saturated rings. The van der Waals surface area contributed by atoms with Gasteiger partial charge in [0.2, 0.25) is 0 Å². The first-order chi connectivity index (χ1) is 10.5. The summed E-state index contributed by atoms with van der Waals surface area (Å²) in [6.45, 7) is 4.60. The Balaban J connectivity index is 2.18. The highest BCUT2D eigenvalue weighted by Crippen LogP contribution is 2.17. The average molecular weight is 327 g/mol. The lowest BCUT2D eigenvalue weighted by Gasteiger charge is -2.10. The predicted molar refractivity (Wildman–Crippen MR) is 86.0 cm³/mol. The van der Waals surface area contributed by atoms with Crippen molar-refractivity contribution in [2.24, 2.45) is 5.92 Å². The molecule has 122 valence electrons. The second kappa shape index (κ2) is 10.2. The van der Waals surface area contributed by atoms with Crippen molar-refractivity contribution >= 4 is 23.5 Å². The summed E-state index contributed by atoms with van der Waals surface area (Å²) in [6, 6.07) is 6.64. The molecule has 1 aromatic carbocycles. The number of rotatable bonds is 9. The van der Waals surface area contributed by atoms with Gasteiger partial charge in [0.25, 0.3) is 0 Å². The predicted octanol–water partition coefficient (Wildman–Crippen LogP) is 4.40. The fourth-order valence-electron chi connectivity index (χ4n) is 1.97. The summed E-state index contributed by atoms with van der Waals surface area (Å²) < 4.78 is 10.3. The van der Waals surface area contributed by atoms with Crippen LogP contribution in [-0.2, 0) is 14.3 Å². The van der Waals surface area contributed by atoms with E-state index >= 15 is 0 Å². The van der Waals surface area contributed by atoms with E-state index in [1.807, 2.05) is 0 Å². The van der Waals surface area contributed by atoms with Gasteiger partial charge in [-0.1, -0.05) is 37.9 Å². The molecule has 0 aromatic heterocycles. The maximum Gasteiger partial charge on any atom is 0.311 e. The molecule has 22 heavy (non-hydrogen) atoms. The minimum absolute atomic E-state index is 0.173. The Kier molecular flexibility index (Phi) is 8.60. The summed E-state index contributed by atoms with van der Waals surface area (Å²) in [5, 5.41) is 0.509. The molecule has 0 aliphatic heterocycles. The highest BCUT2D eigenvalue weighted by Gasteiger charge is 2.10. The van der Waals surface area contributed by atoms with Crippen LogP contribution in [0, 0.1) is 5.92 Å². The van der Waals surface area contributed by atoms with E-state index in [9.17, 15) is 9.59 Å². The molecule has 1 unspecified atom stereocenters. The Bertz CT molecular complexity index is 487. The third-order valence-electron chi connectivity index (χ3n) is 3.10. The van der Waals surface area contributed by atoms with Gasteiger partial charge in [-0.25, -0.2) is 0 Å². The lowest BCUT2D eigenvalue weighted by Crippen LogP contribution is -2.13. The number of halogens is 1. The fraction of sp³-hybridized carbons (Fsp3) is 0.529. The van der Waals surface area contributed by atoms with Crippen LogP contribution < -0.4 is 4.74 Å². The van der Waals surface area contributed by atoms with E-state index < -0.39 is 0 Å². The van der Waals surface area contributed by atoms with E-state index in [1.54, 1.807) is 24.3 Å². The van der Waals surface area contributed by atoms with Crippen LogP contribution in [0.2, 0.25) is 5.02 Å². The molecule has 0 aliphatic rings. The van der Waals surface area contributed by atoms with Crippen molar-refractivity contribution in [2.75, 3.05) is 6.61 Å². The first-order valence-corrected chi connectivity index (χ1v) is 8.01. The molecule has 0 bridgehead atoms. The summed E-state index contributed by atoms with van der Waals surface area (Å²) in [4.78, 5) is 23.2. The SMILES string of the molecule is CCCC(C)COC(=O)CCCC(=O)Oc1cccc(Cl)c1. The largest absolute Gasteiger partial charge is 0.465 e. The van der Waals surface area contributed by atoms with Crippen LogP contribution in [-0.4, -0.2) is 18.5 Å². The normalized spacial score (nSPS) is 11.8. The zero-order valence-corrected chi connectivity index (χ0v) is 13.9. The van der Waals surface area contributed by atoms with E-state index in [-0.39, 0.29) is 24.8 Å². The van der Waals surface area contributed by atoms with Crippen molar-refractivity contribution in [1.29, 1.82) is 0 Å². The molecule has 0 saturated carbocycles. The molecule has 1 rings (SSSR count). The van der Waals surface area contributed by atoms with Crippen LogP contribution in [0.15, 0.2) is 24.3 Å². The summed E-state index contributed by atoms with van der Waals surface area (Å²) in [5.41, 5.74) is 0. The molecule has 4 nitrogen and oxygen atoms in total. The van der Waals surface area contributed by atoms with Gasteiger partial charge in [0.1, 0.15) is 5.75 Å². The Hall–Kier alpha value is -1.55. The fourth-order valence-corrected chi connectivity index (χ4v) is 2.15. The van der Waals surface area contributed by atoms with Crippen LogP contribution in [0.1, 0.15) is 46.0 Å². The highest BCUT2D eigenvalue weighted by atomic mass is 35.5. The third-order valence-corrected chi connectivity index (χ3v) is 3.33. The number of esters is 2. The molecule has 0 amide bonds. The lowest BCUT2D eigenvalue weighted by atomic mass is 10.1. The third kappa shape index (κ3) is 8.03. The van der Waals surface area contributed by atoms with E-state index in [2.05, 4.69) is 13.8 Å². The van der Waals surface area contributed by atoms with Gasteiger partial charge in [0.15, 0.2) is 0 Å². The molecule has 0 N–H and O–H groups in total. The number of benzene rings is 1. The zero-order valence-electron chi connectivity index (χ0n) is 13.1. The van der Waals surface area contributed by atoms with Crippen LogP contribution >= 0.6 is 11.6 Å². The summed E-state index contributed by atoms with van der Waals surface area (Å²) >= 11 is 5.80. The smallest absolute Gasteiger partial charge is 0.311 e. The average Bonchev–Trinajstić information content (AvgIpc) is 2.45. The van der Waals surface area contributed by atoms with E-state index in [0.29, 0.717) is 29.7 Å². The van der Waals surface area contributed by atoms with Gasteiger partial charge < -0.3 is 9.47 Å². The van der Waals surface area contributed by atoms with Gasteiger partial charge in [0.05, 0.1) is 6.61 Å². The van der Waals surface area contributed by atoms with Crippen LogP contribution in [0.25, 0.3) is 0 Å². The standard InChI is InChI=1S/C17H23ClO4/c1-3-6-13(2)12-21-16(19)9-5-10-17(20)22-15-8-4-7-14(18)11-15/h4,7-8,11,13H,3,5-6,9-10,12H2,1-2H3. The van der Waals surface area contributed by atoms with E-state index in [1.165, 1.54) is 0 Å². The molecular weight excluding hydrogens is 304 g/mol. The highest BCUT2D eigenvalue weighted by molar-refractivity contribution is 6.30. The minimum Gasteiger partial charge on any atom is -0.465 e. The topological polar surface area (TPSA) is 52.6 Å². The van der Waals surface area contributed by atoms with Gasteiger partial charge in [0, 0.05) is 17.9 Å². The molecule has 0 heterocycles. The van der Waals surface area contributed by atoms with Crippen molar-refractivity contribution in [3.63, 3.8) is 0 Å². The van der Waals surface area contributed by atoms with Crippen LogP contribution in [0.3, 0.4) is 0 Å². The number of hydrogen-bond acceptors (Lipinski definition) is 4. The van der Waals surface area contributed by atoms with Crippen LogP contribution in [0.4, 0.5) is 0 Å². The van der Waals surface area contributed by atoms with Crippen molar-refractivity contribution in [2.45, 2.75) is 46.0 Å². The zero-order chi connectivity index (χ0) is 16.4. The monoisotopic (exact) mass is 326 g/mol. The van der Waals surface area contributed by atoms with Gasteiger partial charge in [-0.15, -0.1) is 0 Å². The van der Waals surface area contributed by atoms with Gasteiger partial charge >= 0.3 is 11.9 Å². The quantitative estimate of drug-likeness (QED) is 0.498. The molecule has 0 radical (unpaired) electrons. The van der Waals surface area contributed by atoms with Gasteiger partial charge in [-0.05, 0) is 37.0 Å². The Morgan fingerprint density at radius 3 is 2.64 bits per heavy atom. The maximum absolute atomic E-state index is 11.6. The molecule has 0 saturated heterocycles. The lowest BCUT2D eigenvalue weighted by molar-refractivity contribution is -0.145. The number of carbonyl (C=O) groups is 2. The molecule has 1 atom stereocenters. The Labute approximate surface area is 136 Å². The Morgan fingerprint density at radius 1 is 1.23 bits per heavy atom. The van der Waals surface area contributed by atoms with Crippen LogP contribution in [0.5, 0.6) is 5.75 Å². The molecule has 5 heteroatoms. The molecule has 0 spiro atoms. The maximum atomic E-state index is 11.6. The molecule has 0 aliphatic carbocycles. The summed E-state index contributed by atoms with van der Waals surface area (Å²) in [7, 11) is 0. The van der Waals surface area contributed by atoms with Crippen molar-refractivity contribution in [3.8, 4) is 5.75 Å². The van der Waals surface area contributed by atoms with Gasteiger partial charge in [-0.2, -0.15) is 0 Å². The summed E-state index contributed by atoms with van der Waals surface area (Å²) in [5.74, 6) is 0.142. The first-order valence-electron chi connectivity index (χ1n) is 7.63. The molecule has 1 aromatic rings. The van der Waals surface area contributed by atoms with Crippen molar-refractivity contribution < 1.29 is 19.1 Å². The molecular formula is C17H23ClO4. The number of ether oxygens (including phenoxy) is 2. The van der Waals surface area contributed by atoms with Crippen molar-refractivity contribution in [1.82, 2.24) is 0 Å².